The average molecular weight is 487 g/mol. The first-order valence-electron chi connectivity index (χ1n) is 10.9. The predicted octanol–water partition coefficient (Wildman–Crippen LogP) is 4.65. The van der Waals surface area contributed by atoms with Crippen molar-refractivity contribution in [3.05, 3.63) is 89.0 Å². The number of aliphatic hydroxyl groups is 2. The van der Waals surface area contributed by atoms with Crippen molar-refractivity contribution in [2.45, 2.75) is 24.3 Å². The Morgan fingerprint density at radius 2 is 1.60 bits per heavy atom. The number of alkyl carbamates (subject to hydrolysis) is 1. The van der Waals surface area contributed by atoms with E-state index in [1.807, 2.05) is 48.5 Å². The van der Waals surface area contributed by atoms with Crippen LogP contribution < -0.4 is 10.1 Å². The van der Waals surface area contributed by atoms with Gasteiger partial charge in [0, 0.05) is 12.5 Å². The van der Waals surface area contributed by atoms with Gasteiger partial charge in [-0.2, -0.15) is 13.2 Å². The largest absolute Gasteiger partial charge is 0.496 e. The molecule has 0 saturated carbocycles. The molecule has 3 N–H and O–H groups in total. The molecular weight excluding hydrogens is 463 g/mol. The zero-order chi connectivity index (χ0) is 25.2. The normalized spacial score (nSPS) is 14.6. The molecule has 2 unspecified atom stereocenters. The van der Waals surface area contributed by atoms with Gasteiger partial charge in [-0.25, -0.2) is 4.79 Å². The summed E-state index contributed by atoms with van der Waals surface area (Å²) < 4.78 is 49.8. The van der Waals surface area contributed by atoms with Gasteiger partial charge in [0.1, 0.15) is 24.6 Å². The first kappa shape index (κ1) is 24.6. The maximum absolute atomic E-state index is 13.2. The Bertz CT molecular complexity index is 1170. The lowest BCUT2D eigenvalue weighted by Crippen LogP contribution is -2.36. The minimum Gasteiger partial charge on any atom is -0.496 e. The third-order valence-corrected chi connectivity index (χ3v) is 6.03. The molecule has 1 aliphatic carbocycles. The van der Waals surface area contributed by atoms with Crippen molar-refractivity contribution < 1.29 is 37.7 Å². The fraction of sp³-hybridized carbons (Fsp3) is 0.269. The van der Waals surface area contributed by atoms with Gasteiger partial charge in [-0.1, -0.05) is 54.6 Å². The first-order valence-corrected chi connectivity index (χ1v) is 10.9. The lowest BCUT2D eigenvalue weighted by Gasteiger charge is -2.21. The van der Waals surface area contributed by atoms with E-state index in [1.54, 1.807) is 0 Å². The average Bonchev–Trinajstić information content (AvgIpc) is 3.18. The number of hydrogen-bond acceptors (Lipinski definition) is 5. The van der Waals surface area contributed by atoms with E-state index in [2.05, 4.69) is 5.32 Å². The van der Waals surface area contributed by atoms with E-state index >= 15 is 0 Å². The smallest absolute Gasteiger partial charge is 0.419 e. The molecule has 6 nitrogen and oxygen atoms in total. The summed E-state index contributed by atoms with van der Waals surface area (Å²) in [7, 11) is 1.10. The minimum atomic E-state index is -4.70. The molecule has 0 saturated heterocycles. The second kappa shape index (κ2) is 9.97. The van der Waals surface area contributed by atoms with Crippen LogP contribution in [0.4, 0.5) is 18.0 Å². The molecule has 1 aliphatic rings. The van der Waals surface area contributed by atoms with Gasteiger partial charge in [0.05, 0.1) is 12.7 Å². The Morgan fingerprint density at radius 1 is 1.00 bits per heavy atom. The highest BCUT2D eigenvalue weighted by atomic mass is 19.4. The van der Waals surface area contributed by atoms with Crippen molar-refractivity contribution in [3.8, 4) is 16.9 Å². The van der Waals surface area contributed by atoms with Crippen LogP contribution in [0.5, 0.6) is 5.75 Å². The molecule has 0 radical (unpaired) electrons. The van der Waals surface area contributed by atoms with E-state index in [9.17, 15) is 28.2 Å². The van der Waals surface area contributed by atoms with Gasteiger partial charge in [-0.15, -0.1) is 0 Å². The van der Waals surface area contributed by atoms with Gasteiger partial charge < -0.3 is 25.0 Å². The second-order valence-corrected chi connectivity index (χ2v) is 8.18. The second-order valence-electron chi connectivity index (χ2n) is 8.18. The summed E-state index contributed by atoms with van der Waals surface area (Å²) in [5.41, 5.74) is 2.99. The molecule has 0 aliphatic heterocycles. The highest BCUT2D eigenvalue weighted by Crippen LogP contribution is 2.44. The number of ether oxygens (including phenoxy) is 2. The van der Waals surface area contributed by atoms with E-state index in [0.717, 1.165) is 35.4 Å². The maximum atomic E-state index is 13.2. The van der Waals surface area contributed by atoms with Crippen molar-refractivity contribution in [1.82, 2.24) is 5.32 Å². The molecule has 9 heteroatoms. The van der Waals surface area contributed by atoms with Crippen LogP contribution in [0.3, 0.4) is 0 Å². The number of nitrogens with one attached hydrogen (secondary N) is 1. The number of benzene rings is 3. The molecule has 0 fully saturated rings. The fourth-order valence-electron chi connectivity index (χ4n) is 4.30. The molecule has 3 aromatic carbocycles. The van der Waals surface area contributed by atoms with Crippen LogP contribution in [-0.4, -0.2) is 42.7 Å². The Balaban J connectivity index is 1.36. The standard InChI is InChI=1S/C26H24F3NO5/c1-34-23-11-10-15(12-21(23)26(27,28)29)24(32)22(31)13-30-25(33)35-14-20-18-8-4-2-6-16(18)17-7-3-5-9-19(17)20/h2-12,20,22,24,31-32H,13-14H2,1H3,(H,30,33). The molecule has 184 valence electrons. The molecule has 3 aromatic rings. The highest BCUT2D eigenvalue weighted by Gasteiger charge is 2.35. The van der Waals surface area contributed by atoms with Gasteiger partial charge in [0.25, 0.3) is 0 Å². The molecule has 0 heterocycles. The predicted molar refractivity (Wildman–Crippen MR) is 122 cm³/mol. The lowest BCUT2D eigenvalue weighted by molar-refractivity contribution is -0.138. The molecule has 0 spiro atoms. The molecule has 2 atom stereocenters. The molecular formula is C26H24F3NO5. The van der Waals surface area contributed by atoms with E-state index in [4.69, 9.17) is 9.47 Å². The van der Waals surface area contributed by atoms with Crippen LogP contribution >= 0.6 is 0 Å². The van der Waals surface area contributed by atoms with E-state index < -0.39 is 42.3 Å². The van der Waals surface area contributed by atoms with Crippen LogP contribution in [-0.2, 0) is 10.9 Å². The number of alkyl halides is 3. The Kier molecular flexibility index (Phi) is 7.00. The van der Waals surface area contributed by atoms with Gasteiger partial charge in [-0.3, -0.25) is 0 Å². The number of amides is 1. The van der Waals surface area contributed by atoms with Crippen LogP contribution in [0, 0.1) is 0 Å². The van der Waals surface area contributed by atoms with Crippen molar-refractivity contribution >= 4 is 6.09 Å². The highest BCUT2D eigenvalue weighted by molar-refractivity contribution is 5.79. The topological polar surface area (TPSA) is 88.0 Å². The molecule has 4 rings (SSSR count). The number of carbonyl (C=O) groups excluding carboxylic acids is 1. The molecule has 0 aromatic heterocycles. The van der Waals surface area contributed by atoms with E-state index in [-0.39, 0.29) is 18.1 Å². The third kappa shape index (κ3) is 5.11. The van der Waals surface area contributed by atoms with Crippen LogP contribution in [0.1, 0.15) is 34.3 Å². The maximum Gasteiger partial charge on any atom is 0.419 e. The number of halogens is 3. The van der Waals surface area contributed by atoms with Crippen LogP contribution in [0.2, 0.25) is 0 Å². The zero-order valence-electron chi connectivity index (χ0n) is 18.8. The summed E-state index contributed by atoms with van der Waals surface area (Å²) >= 11 is 0. The van der Waals surface area contributed by atoms with Crippen molar-refractivity contribution in [2.75, 3.05) is 20.3 Å². The number of aliphatic hydroxyl groups excluding tert-OH is 2. The Morgan fingerprint density at radius 3 is 2.17 bits per heavy atom. The molecule has 35 heavy (non-hydrogen) atoms. The van der Waals surface area contributed by atoms with E-state index in [1.165, 1.54) is 6.07 Å². The monoisotopic (exact) mass is 487 g/mol. The van der Waals surface area contributed by atoms with Crippen molar-refractivity contribution in [1.29, 1.82) is 0 Å². The Labute approximate surface area is 199 Å². The lowest BCUT2D eigenvalue weighted by atomic mass is 9.98. The fourth-order valence-corrected chi connectivity index (χ4v) is 4.30. The number of methoxy groups -OCH3 is 1. The summed E-state index contributed by atoms with van der Waals surface area (Å²) in [4.78, 5) is 12.3. The summed E-state index contributed by atoms with van der Waals surface area (Å²) in [6.45, 7) is -0.364. The van der Waals surface area contributed by atoms with Crippen LogP contribution in [0.25, 0.3) is 11.1 Å². The summed E-state index contributed by atoms with van der Waals surface area (Å²) in [6.07, 6.45) is -8.75. The quantitative estimate of drug-likeness (QED) is 0.452. The molecule has 0 bridgehead atoms. The van der Waals surface area contributed by atoms with Crippen molar-refractivity contribution in [2.24, 2.45) is 0 Å². The minimum absolute atomic E-state index is 0.0614. The van der Waals surface area contributed by atoms with Crippen molar-refractivity contribution in [3.63, 3.8) is 0 Å². The van der Waals surface area contributed by atoms with Gasteiger partial charge in [0.15, 0.2) is 0 Å². The van der Waals surface area contributed by atoms with Crippen LogP contribution in [0.15, 0.2) is 66.7 Å². The zero-order valence-corrected chi connectivity index (χ0v) is 18.8. The number of carbonyl (C=O) groups is 1. The SMILES string of the molecule is COc1ccc(C(O)C(O)CNC(=O)OCC2c3ccccc3-c3ccccc32)cc1C(F)(F)F. The summed E-state index contributed by atoms with van der Waals surface area (Å²) in [5, 5.41) is 22.9. The van der Waals surface area contributed by atoms with Gasteiger partial charge >= 0.3 is 12.3 Å². The van der Waals surface area contributed by atoms with Gasteiger partial charge in [0.2, 0.25) is 0 Å². The first-order chi connectivity index (χ1) is 16.7. The summed E-state index contributed by atoms with van der Waals surface area (Å²) in [5.74, 6) is -0.552. The number of hydrogen-bond donors (Lipinski definition) is 3. The third-order valence-electron chi connectivity index (χ3n) is 6.03. The molecule has 1 amide bonds. The van der Waals surface area contributed by atoms with Gasteiger partial charge in [-0.05, 0) is 39.9 Å². The number of rotatable bonds is 7. The summed E-state index contributed by atoms with van der Waals surface area (Å²) in [6, 6.07) is 18.7. The van der Waals surface area contributed by atoms with E-state index in [0.29, 0.717) is 6.07 Å². The Hall–Kier alpha value is -3.56. The number of fused-ring (bicyclic) bond motifs is 3.